The number of nitrogens with zero attached hydrogens (tertiary/aromatic N) is 3. The molecule has 1 saturated heterocycles. The highest BCUT2D eigenvalue weighted by Crippen LogP contribution is 2.27. The number of rotatable bonds is 6. The Labute approximate surface area is 166 Å². The van der Waals surface area contributed by atoms with Crippen LogP contribution in [0.2, 0.25) is 0 Å². The molecule has 0 amide bonds. The van der Waals surface area contributed by atoms with Crippen LogP contribution < -0.4 is 5.32 Å². The number of fused-ring (bicyclic) bond motifs is 1. The van der Waals surface area contributed by atoms with Crippen LogP contribution in [0, 0.1) is 0 Å². The van der Waals surface area contributed by atoms with Gasteiger partial charge in [-0.3, -0.25) is 9.97 Å². The number of nitrogens with one attached hydrogen (secondary N) is 1. The third-order valence-corrected chi connectivity index (χ3v) is 4.91. The summed E-state index contributed by atoms with van der Waals surface area (Å²) in [7, 11) is 0. The van der Waals surface area contributed by atoms with E-state index in [-0.39, 0.29) is 0 Å². The van der Waals surface area contributed by atoms with Gasteiger partial charge in [-0.2, -0.15) is 0 Å². The summed E-state index contributed by atoms with van der Waals surface area (Å²) in [6.45, 7) is 9.00. The average Bonchev–Trinajstić information content (AvgIpc) is 3.18. The lowest BCUT2D eigenvalue weighted by molar-refractivity contribution is 0.425. The van der Waals surface area contributed by atoms with Gasteiger partial charge >= 0.3 is 0 Å². The molecule has 0 aliphatic carbocycles. The van der Waals surface area contributed by atoms with Gasteiger partial charge in [0.05, 0.1) is 27.5 Å². The van der Waals surface area contributed by atoms with E-state index in [4.69, 9.17) is 11.6 Å². The molecular formula is C22H27ClN4. The fourth-order valence-electron chi connectivity index (χ4n) is 3.35. The maximum absolute atomic E-state index is 6.72. The summed E-state index contributed by atoms with van der Waals surface area (Å²) in [6, 6.07) is 6.19. The molecule has 2 heterocycles. The minimum absolute atomic E-state index is 0.711. The van der Waals surface area contributed by atoms with Gasteiger partial charge in [0.25, 0.3) is 0 Å². The standard InChI is InChI=1S/C22H27ClN4/c1-4-19(22(18(23)13-16(2)3)27-11-5-6-12-27)26-15-17-7-8-20-21(14-17)25-10-9-24-20/h4,7-10,13-14,26H,5-6,11-12,15H2,1-3H3/b19-4+,22-18-. The molecule has 0 atom stereocenters. The topological polar surface area (TPSA) is 41.1 Å². The fourth-order valence-corrected chi connectivity index (χ4v) is 3.79. The minimum atomic E-state index is 0.711. The third-order valence-electron chi connectivity index (χ3n) is 4.62. The van der Waals surface area contributed by atoms with Gasteiger partial charge in [0.15, 0.2) is 0 Å². The summed E-state index contributed by atoms with van der Waals surface area (Å²) in [4.78, 5) is 11.1. The lowest BCUT2D eigenvalue weighted by atomic mass is 10.1. The van der Waals surface area contributed by atoms with Crippen LogP contribution in [0.1, 0.15) is 39.2 Å². The Morgan fingerprint density at radius 2 is 1.85 bits per heavy atom. The summed E-state index contributed by atoms with van der Waals surface area (Å²) in [5.41, 5.74) is 6.35. The number of hydrogen-bond acceptors (Lipinski definition) is 4. The SMILES string of the molecule is C/C=C(NCc1ccc2nccnc2c1)\C(=C(\Cl)C=C(C)C)N1CCCC1. The molecule has 0 radical (unpaired) electrons. The van der Waals surface area contributed by atoms with Crippen LogP contribution >= 0.6 is 11.6 Å². The van der Waals surface area contributed by atoms with Crippen molar-refractivity contribution in [2.24, 2.45) is 0 Å². The first-order chi connectivity index (χ1) is 13.1. The van der Waals surface area contributed by atoms with Gasteiger partial charge in [0.2, 0.25) is 0 Å². The van der Waals surface area contributed by atoms with Gasteiger partial charge in [-0.05, 0) is 57.4 Å². The van der Waals surface area contributed by atoms with E-state index in [9.17, 15) is 0 Å². The highest BCUT2D eigenvalue weighted by Gasteiger charge is 2.20. The predicted octanol–water partition coefficient (Wildman–Crippen LogP) is 5.14. The van der Waals surface area contributed by atoms with Crippen LogP contribution in [0.4, 0.5) is 0 Å². The van der Waals surface area contributed by atoms with Crippen molar-refractivity contribution in [3.63, 3.8) is 0 Å². The third kappa shape index (κ3) is 4.89. The van der Waals surface area contributed by atoms with Gasteiger partial charge < -0.3 is 10.2 Å². The maximum atomic E-state index is 6.72. The van der Waals surface area contributed by atoms with Crippen molar-refractivity contribution >= 4 is 22.6 Å². The van der Waals surface area contributed by atoms with Crippen LogP contribution in [-0.2, 0) is 6.54 Å². The van der Waals surface area contributed by atoms with Crippen molar-refractivity contribution in [1.82, 2.24) is 20.2 Å². The monoisotopic (exact) mass is 382 g/mol. The minimum Gasteiger partial charge on any atom is -0.380 e. The Morgan fingerprint density at radius 1 is 1.15 bits per heavy atom. The van der Waals surface area contributed by atoms with Crippen molar-refractivity contribution in [1.29, 1.82) is 0 Å². The average molecular weight is 383 g/mol. The van der Waals surface area contributed by atoms with Gasteiger partial charge in [-0.25, -0.2) is 0 Å². The molecule has 142 valence electrons. The Bertz CT molecular complexity index is 888. The normalized spacial score (nSPS) is 15.7. The van der Waals surface area contributed by atoms with Gasteiger partial charge in [0.1, 0.15) is 0 Å². The van der Waals surface area contributed by atoms with Crippen molar-refractivity contribution in [2.75, 3.05) is 13.1 Å². The second kappa shape index (κ2) is 9.05. The fraction of sp³-hybridized carbons (Fsp3) is 0.364. The second-order valence-corrected chi connectivity index (χ2v) is 7.45. The van der Waals surface area contributed by atoms with Crippen molar-refractivity contribution in [3.05, 3.63) is 70.3 Å². The van der Waals surface area contributed by atoms with Crippen LogP contribution in [-0.4, -0.2) is 28.0 Å². The zero-order chi connectivity index (χ0) is 19.2. The molecule has 1 fully saturated rings. The first-order valence-corrected chi connectivity index (χ1v) is 9.86. The molecule has 1 aromatic heterocycles. The van der Waals surface area contributed by atoms with Crippen molar-refractivity contribution < 1.29 is 0 Å². The van der Waals surface area contributed by atoms with Gasteiger partial charge in [-0.15, -0.1) is 0 Å². The van der Waals surface area contributed by atoms with E-state index in [0.717, 1.165) is 40.5 Å². The molecule has 27 heavy (non-hydrogen) atoms. The number of benzene rings is 1. The van der Waals surface area contributed by atoms with Crippen molar-refractivity contribution in [2.45, 2.75) is 40.2 Å². The molecule has 5 heteroatoms. The summed E-state index contributed by atoms with van der Waals surface area (Å²) in [6.07, 6.45) is 10.0. The van der Waals surface area contributed by atoms with E-state index in [1.54, 1.807) is 12.4 Å². The summed E-state index contributed by atoms with van der Waals surface area (Å²) >= 11 is 6.72. The Hall–Kier alpha value is -2.33. The zero-order valence-electron chi connectivity index (χ0n) is 16.3. The van der Waals surface area contributed by atoms with E-state index < -0.39 is 0 Å². The highest BCUT2D eigenvalue weighted by atomic mass is 35.5. The van der Waals surface area contributed by atoms with Crippen LogP contribution in [0.15, 0.2) is 64.7 Å². The van der Waals surface area contributed by atoms with Crippen LogP contribution in [0.25, 0.3) is 11.0 Å². The lowest BCUT2D eigenvalue weighted by Gasteiger charge is -2.26. The number of aromatic nitrogens is 2. The molecule has 1 aliphatic heterocycles. The molecule has 0 spiro atoms. The van der Waals surface area contributed by atoms with E-state index >= 15 is 0 Å². The number of halogens is 1. The van der Waals surface area contributed by atoms with Crippen molar-refractivity contribution in [3.8, 4) is 0 Å². The Morgan fingerprint density at radius 3 is 2.52 bits per heavy atom. The number of hydrogen-bond donors (Lipinski definition) is 1. The van der Waals surface area contributed by atoms with Gasteiger partial charge in [-0.1, -0.05) is 29.3 Å². The molecule has 1 aromatic carbocycles. The molecule has 0 bridgehead atoms. The molecule has 4 nitrogen and oxygen atoms in total. The summed E-state index contributed by atoms with van der Waals surface area (Å²) < 4.78 is 0. The maximum Gasteiger partial charge on any atom is 0.0890 e. The van der Waals surface area contributed by atoms with Gasteiger partial charge in [0, 0.05) is 32.0 Å². The molecule has 2 aromatic rings. The molecular weight excluding hydrogens is 356 g/mol. The smallest absolute Gasteiger partial charge is 0.0890 e. The number of likely N-dealkylation sites (tertiary alicyclic amines) is 1. The lowest BCUT2D eigenvalue weighted by Crippen LogP contribution is -2.27. The zero-order valence-corrected chi connectivity index (χ0v) is 17.1. The Balaban J connectivity index is 1.83. The molecule has 1 aliphatic rings. The Kier molecular flexibility index (Phi) is 6.51. The molecule has 0 unspecified atom stereocenters. The van der Waals surface area contributed by atoms with E-state index in [2.05, 4.69) is 59.2 Å². The quantitative estimate of drug-likeness (QED) is 0.702. The predicted molar refractivity (Wildman–Crippen MR) is 113 cm³/mol. The van der Waals surface area contributed by atoms with Crippen LogP contribution in [0.3, 0.4) is 0 Å². The first kappa shape index (κ1) is 19.4. The second-order valence-electron chi connectivity index (χ2n) is 7.05. The molecule has 3 rings (SSSR count). The highest BCUT2D eigenvalue weighted by molar-refractivity contribution is 6.31. The van der Waals surface area contributed by atoms with Crippen LogP contribution in [0.5, 0.6) is 0 Å². The van der Waals surface area contributed by atoms with E-state index in [1.165, 1.54) is 24.0 Å². The first-order valence-electron chi connectivity index (χ1n) is 9.48. The molecule has 0 saturated carbocycles. The van der Waals surface area contributed by atoms with E-state index in [0.29, 0.717) is 6.54 Å². The summed E-state index contributed by atoms with van der Waals surface area (Å²) in [5, 5.41) is 4.37. The largest absolute Gasteiger partial charge is 0.380 e. The van der Waals surface area contributed by atoms with E-state index in [1.807, 2.05) is 12.1 Å². The summed E-state index contributed by atoms with van der Waals surface area (Å²) in [5.74, 6) is 0. The molecule has 1 N–H and O–H groups in total. The number of allylic oxidation sites excluding steroid dienone is 4.